The summed E-state index contributed by atoms with van der Waals surface area (Å²) in [5, 5.41) is 11.6. The average Bonchev–Trinajstić information content (AvgIpc) is 3.05. The Bertz CT molecular complexity index is 755. The second kappa shape index (κ2) is 8.47. The molecular formula is C15H17FN4O4S. The second-order valence-corrected chi connectivity index (χ2v) is 6.22. The van der Waals surface area contributed by atoms with Gasteiger partial charge in [0.1, 0.15) is 0 Å². The normalized spacial score (nSPS) is 13.0. The Hall–Kier alpha value is -2.62. The van der Waals surface area contributed by atoms with Crippen LogP contribution in [0.4, 0.5) is 9.18 Å². The van der Waals surface area contributed by atoms with Crippen LogP contribution in [0.5, 0.6) is 5.75 Å². The third-order valence-electron chi connectivity index (χ3n) is 3.02. The minimum Gasteiger partial charge on any atom is -0.478 e. The summed E-state index contributed by atoms with van der Waals surface area (Å²) in [4.78, 5) is 22.9. The number of nitrogens with one attached hydrogen (secondary N) is 2. The molecule has 2 rings (SSSR count). The molecule has 2 aromatic rings. The highest BCUT2D eigenvalue weighted by Gasteiger charge is 2.22. The van der Waals surface area contributed by atoms with Gasteiger partial charge in [0, 0.05) is 7.05 Å². The van der Waals surface area contributed by atoms with E-state index < -0.39 is 29.1 Å². The van der Waals surface area contributed by atoms with Gasteiger partial charge in [-0.15, -0.1) is 10.2 Å². The van der Waals surface area contributed by atoms with E-state index in [1.165, 1.54) is 19.2 Å². The van der Waals surface area contributed by atoms with Gasteiger partial charge in [-0.05, 0) is 26.0 Å². The molecule has 2 N–H and O–H groups in total. The number of aromatic nitrogens is 2. The second-order valence-electron chi connectivity index (χ2n) is 4.93. The fourth-order valence-corrected chi connectivity index (χ4v) is 2.38. The van der Waals surface area contributed by atoms with Crippen LogP contribution < -0.4 is 15.4 Å². The van der Waals surface area contributed by atoms with Crippen molar-refractivity contribution in [1.82, 2.24) is 20.8 Å². The number of benzene rings is 1. The van der Waals surface area contributed by atoms with Crippen LogP contribution in [0, 0.1) is 5.82 Å². The summed E-state index contributed by atoms with van der Waals surface area (Å²) >= 11 is 0.990. The van der Waals surface area contributed by atoms with Crippen LogP contribution in [0.15, 0.2) is 33.9 Å². The van der Waals surface area contributed by atoms with Crippen molar-refractivity contribution in [3.8, 4) is 5.75 Å². The number of imide groups is 1. The standard InChI is InChI=1S/C15H17FN4O4S/c1-8(23-11-7-5-4-6-10(11)16)13-19-20-15(24-13)25-9(2)12(21)18-14(22)17-3/h4-9H,1-3H3,(H2,17,18,21,22)/t8-,9+/m0/s1. The molecule has 0 saturated heterocycles. The summed E-state index contributed by atoms with van der Waals surface area (Å²) in [5.74, 6) is -0.784. The molecule has 0 spiro atoms. The van der Waals surface area contributed by atoms with Crippen LogP contribution >= 0.6 is 11.8 Å². The number of hydrogen-bond acceptors (Lipinski definition) is 7. The SMILES string of the molecule is CNC(=O)NC(=O)[C@@H](C)Sc1nnc([C@H](C)Oc2ccccc2F)o1. The van der Waals surface area contributed by atoms with Gasteiger partial charge in [0.25, 0.3) is 11.1 Å². The minimum atomic E-state index is -0.672. The maximum absolute atomic E-state index is 13.6. The molecule has 0 radical (unpaired) electrons. The van der Waals surface area contributed by atoms with Gasteiger partial charge in [-0.1, -0.05) is 23.9 Å². The molecular weight excluding hydrogens is 351 g/mol. The van der Waals surface area contributed by atoms with E-state index >= 15 is 0 Å². The van der Waals surface area contributed by atoms with Gasteiger partial charge in [0.15, 0.2) is 17.7 Å². The van der Waals surface area contributed by atoms with E-state index in [2.05, 4.69) is 20.8 Å². The van der Waals surface area contributed by atoms with Crippen molar-refractivity contribution in [2.24, 2.45) is 0 Å². The Labute approximate surface area is 147 Å². The van der Waals surface area contributed by atoms with Gasteiger partial charge in [0.05, 0.1) is 5.25 Å². The highest BCUT2D eigenvalue weighted by molar-refractivity contribution is 8.00. The summed E-state index contributed by atoms with van der Waals surface area (Å²) in [7, 11) is 1.40. The number of nitrogens with zero attached hydrogens (tertiary/aromatic N) is 2. The molecule has 1 aromatic heterocycles. The Morgan fingerprint density at radius 1 is 1.28 bits per heavy atom. The van der Waals surface area contributed by atoms with Gasteiger partial charge < -0.3 is 14.5 Å². The van der Waals surface area contributed by atoms with E-state index in [4.69, 9.17) is 9.15 Å². The molecule has 8 nitrogen and oxygen atoms in total. The molecule has 25 heavy (non-hydrogen) atoms. The first-order chi connectivity index (χ1) is 11.9. The van der Waals surface area contributed by atoms with Crippen molar-refractivity contribution in [1.29, 1.82) is 0 Å². The van der Waals surface area contributed by atoms with Crippen LogP contribution in [-0.2, 0) is 4.79 Å². The lowest BCUT2D eigenvalue weighted by atomic mass is 10.3. The minimum absolute atomic E-state index is 0.0701. The largest absolute Gasteiger partial charge is 0.478 e. The van der Waals surface area contributed by atoms with E-state index in [9.17, 15) is 14.0 Å². The topological polar surface area (TPSA) is 106 Å². The lowest BCUT2D eigenvalue weighted by molar-refractivity contribution is -0.119. The van der Waals surface area contributed by atoms with Crippen LogP contribution in [-0.4, -0.2) is 34.4 Å². The maximum atomic E-state index is 13.6. The molecule has 1 aromatic carbocycles. The van der Waals surface area contributed by atoms with Gasteiger partial charge in [0.2, 0.25) is 5.91 Å². The molecule has 0 bridgehead atoms. The molecule has 134 valence electrons. The number of halogens is 1. The molecule has 0 aliphatic rings. The molecule has 0 unspecified atom stereocenters. The summed E-state index contributed by atoms with van der Waals surface area (Å²) in [6.07, 6.45) is -0.672. The van der Waals surface area contributed by atoms with E-state index in [1.807, 2.05) is 0 Å². The van der Waals surface area contributed by atoms with Crippen LogP contribution in [0.1, 0.15) is 25.8 Å². The molecule has 0 aliphatic carbocycles. The predicted molar refractivity (Wildman–Crippen MR) is 87.7 cm³/mol. The number of carbonyl (C=O) groups is 2. The van der Waals surface area contributed by atoms with E-state index in [-0.39, 0.29) is 16.9 Å². The highest BCUT2D eigenvalue weighted by atomic mass is 32.2. The molecule has 1 heterocycles. The first-order valence-corrected chi connectivity index (χ1v) is 8.22. The van der Waals surface area contributed by atoms with Crippen LogP contribution in [0.25, 0.3) is 0 Å². The molecule has 0 aliphatic heterocycles. The lowest BCUT2D eigenvalue weighted by Gasteiger charge is -2.11. The van der Waals surface area contributed by atoms with E-state index in [0.717, 1.165) is 11.8 Å². The van der Waals surface area contributed by atoms with Gasteiger partial charge in [-0.25, -0.2) is 9.18 Å². The number of para-hydroxylation sites is 1. The molecule has 0 saturated carbocycles. The quantitative estimate of drug-likeness (QED) is 0.753. The summed E-state index contributed by atoms with van der Waals surface area (Å²) in [6.45, 7) is 3.22. The van der Waals surface area contributed by atoms with E-state index in [1.54, 1.807) is 26.0 Å². The zero-order valence-electron chi connectivity index (χ0n) is 13.8. The Kier molecular flexibility index (Phi) is 6.34. The lowest BCUT2D eigenvalue weighted by Crippen LogP contribution is -2.41. The van der Waals surface area contributed by atoms with Gasteiger partial charge in [-0.2, -0.15) is 0 Å². The number of hydrogen-bond donors (Lipinski definition) is 2. The number of urea groups is 1. The monoisotopic (exact) mass is 368 g/mol. The van der Waals surface area contributed by atoms with Gasteiger partial charge >= 0.3 is 6.03 Å². The number of rotatable bonds is 6. The van der Waals surface area contributed by atoms with Crippen molar-refractivity contribution >= 4 is 23.7 Å². The third-order valence-corrected chi connectivity index (χ3v) is 3.96. The average molecular weight is 368 g/mol. The van der Waals surface area contributed by atoms with Crippen molar-refractivity contribution in [2.45, 2.75) is 30.4 Å². The van der Waals surface area contributed by atoms with Crippen molar-refractivity contribution < 1.29 is 23.1 Å². The molecule has 10 heteroatoms. The summed E-state index contributed by atoms with van der Waals surface area (Å²) in [6, 6.07) is 5.37. The molecule has 3 amide bonds. The Morgan fingerprint density at radius 2 is 2.00 bits per heavy atom. The first-order valence-electron chi connectivity index (χ1n) is 7.34. The van der Waals surface area contributed by atoms with Crippen molar-refractivity contribution in [3.05, 3.63) is 36.0 Å². The van der Waals surface area contributed by atoms with Crippen LogP contribution in [0.3, 0.4) is 0 Å². The maximum Gasteiger partial charge on any atom is 0.321 e. The third kappa shape index (κ3) is 5.18. The smallest absolute Gasteiger partial charge is 0.321 e. The highest BCUT2D eigenvalue weighted by Crippen LogP contribution is 2.27. The number of ether oxygens (including phenoxy) is 1. The molecule has 2 atom stereocenters. The number of thioether (sulfide) groups is 1. The number of amides is 3. The fourth-order valence-electron chi connectivity index (χ4n) is 1.69. The van der Waals surface area contributed by atoms with Crippen molar-refractivity contribution in [2.75, 3.05) is 7.05 Å². The zero-order chi connectivity index (χ0) is 18.4. The first kappa shape index (κ1) is 18.7. The fraction of sp³-hybridized carbons (Fsp3) is 0.333. The Balaban J connectivity index is 1.96. The van der Waals surface area contributed by atoms with Crippen LogP contribution in [0.2, 0.25) is 0 Å². The predicted octanol–water partition coefficient (Wildman–Crippen LogP) is 2.28. The van der Waals surface area contributed by atoms with Crippen molar-refractivity contribution in [3.63, 3.8) is 0 Å². The van der Waals surface area contributed by atoms with E-state index in [0.29, 0.717) is 0 Å². The van der Waals surface area contributed by atoms with Gasteiger partial charge in [-0.3, -0.25) is 10.1 Å². The zero-order valence-corrected chi connectivity index (χ0v) is 14.6. The summed E-state index contributed by atoms with van der Waals surface area (Å²) in [5.41, 5.74) is 0. The number of carbonyl (C=O) groups excluding carboxylic acids is 2. The Morgan fingerprint density at radius 3 is 2.68 bits per heavy atom. The summed E-state index contributed by atoms with van der Waals surface area (Å²) < 4.78 is 24.5. The molecule has 0 fully saturated rings.